The number of ether oxygens (including phenoxy) is 1. The highest BCUT2D eigenvalue weighted by Crippen LogP contribution is 2.40. The van der Waals surface area contributed by atoms with Crippen molar-refractivity contribution < 1.29 is 4.74 Å². The number of hydrogen-bond acceptors (Lipinski definition) is 4. The van der Waals surface area contributed by atoms with Gasteiger partial charge in [-0.3, -0.25) is 0 Å². The van der Waals surface area contributed by atoms with Gasteiger partial charge in [0.2, 0.25) is 5.88 Å². The van der Waals surface area contributed by atoms with E-state index in [4.69, 9.17) is 14.7 Å². The van der Waals surface area contributed by atoms with Crippen LogP contribution in [0.1, 0.15) is 16.7 Å². The average molecular weight is 382 g/mol. The summed E-state index contributed by atoms with van der Waals surface area (Å²) in [5.41, 5.74) is 4.51. The summed E-state index contributed by atoms with van der Waals surface area (Å²) in [5.74, 6) is 3.12. The molecule has 4 aromatic rings. The maximum Gasteiger partial charge on any atom is 0.227 e. The van der Waals surface area contributed by atoms with Crippen molar-refractivity contribution in [2.75, 3.05) is 0 Å². The third-order valence-electron chi connectivity index (χ3n) is 4.73. The minimum atomic E-state index is 0.670. The molecule has 0 atom stereocenters. The third-order valence-corrected chi connectivity index (χ3v) is 5.82. The highest BCUT2D eigenvalue weighted by Gasteiger charge is 2.24. The summed E-state index contributed by atoms with van der Waals surface area (Å²) >= 11 is 1.74. The van der Waals surface area contributed by atoms with E-state index in [1.165, 1.54) is 11.1 Å². The zero-order chi connectivity index (χ0) is 18.8. The summed E-state index contributed by atoms with van der Waals surface area (Å²) in [6.45, 7) is 0. The van der Waals surface area contributed by atoms with Crippen LogP contribution in [0.15, 0.2) is 90.0 Å². The molecule has 1 aliphatic rings. The van der Waals surface area contributed by atoms with E-state index in [0.717, 1.165) is 34.1 Å². The van der Waals surface area contributed by atoms with Gasteiger partial charge in [-0.15, -0.1) is 11.8 Å². The van der Waals surface area contributed by atoms with Crippen molar-refractivity contribution >= 4 is 11.8 Å². The summed E-state index contributed by atoms with van der Waals surface area (Å²) in [6.07, 6.45) is 0.789. The molecule has 0 radical (unpaired) electrons. The minimum Gasteiger partial charge on any atom is -0.438 e. The van der Waals surface area contributed by atoms with Gasteiger partial charge < -0.3 is 4.74 Å². The van der Waals surface area contributed by atoms with Gasteiger partial charge in [-0.05, 0) is 17.2 Å². The topological polar surface area (TPSA) is 35.0 Å². The molecule has 0 N–H and O–H groups in total. The van der Waals surface area contributed by atoms with Gasteiger partial charge in [0, 0.05) is 17.7 Å². The molecule has 0 bridgehead atoms. The average Bonchev–Trinajstić information content (AvgIpc) is 2.77. The van der Waals surface area contributed by atoms with Gasteiger partial charge in [0.05, 0.1) is 5.56 Å². The van der Waals surface area contributed by atoms with Gasteiger partial charge >= 0.3 is 0 Å². The van der Waals surface area contributed by atoms with E-state index in [-0.39, 0.29) is 0 Å². The third kappa shape index (κ3) is 3.39. The van der Waals surface area contributed by atoms with Crippen LogP contribution in [0, 0.1) is 0 Å². The number of aromatic nitrogens is 2. The monoisotopic (exact) mass is 382 g/mol. The van der Waals surface area contributed by atoms with Crippen LogP contribution in [0.3, 0.4) is 0 Å². The summed E-state index contributed by atoms with van der Waals surface area (Å²) in [4.78, 5) is 9.67. The Labute approximate surface area is 168 Å². The Balaban J connectivity index is 1.56. The zero-order valence-corrected chi connectivity index (χ0v) is 16.0. The van der Waals surface area contributed by atoms with E-state index >= 15 is 0 Å². The molecule has 3 nitrogen and oxygen atoms in total. The number of thioether (sulfide) groups is 1. The van der Waals surface area contributed by atoms with Gasteiger partial charge in [-0.1, -0.05) is 78.9 Å². The summed E-state index contributed by atoms with van der Waals surface area (Å²) in [5, 5.41) is 0.988. The number of nitrogens with zero attached hydrogens (tertiary/aromatic N) is 2. The van der Waals surface area contributed by atoms with Crippen LogP contribution in [-0.2, 0) is 12.2 Å². The smallest absolute Gasteiger partial charge is 0.227 e. The van der Waals surface area contributed by atoms with Gasteiger partial charge in [0.1, 0.15) is 10.8 Å². The van der Waals surface area contributed by atoms with E-state index in [9.17, 15) is 0 Å². The van der Waals surface area contributed by atoms with E-state index in [1.807, 2.05) is 54.6 Å². The summed E-state index contributed by atoms with van der Waals surface area (Å²) < 4.78 is 6.17. The fourth-order valence-corrected chi connectivity index (χ4v) is 4.27. The quantitative estimate of drug-likeness (QED) is 0.276. The molecule has 5 rings (SSSR count). The lowest BCUT2D eigenvalue weighted by atomic mass is 10.0. The first-order valence-electron chi connectivity index (χ1n) is 9.25. The maximum atomic E-state index is 6.17. The fraction of sp³-hybridized carbons (Fsp3) is 0.0833. The largest absolute Gasteiger partial charge is 0.438 e. The molecular weight excluding hydrogens is 364 g/mol. The molecule has 3 aromatic carbocycles. The lowest BCUT2D eigenvalue weighted by Crippen LogP contribution is -2.09. The van der Waals surface area contributed by atoms with E-state index < -0.39 is 0 Å². The molecule has 1 aliphatic heterocycles. The van der Waals surface area contributed by atoms with Crippen LogP contribution < -0.4 is 4.74 Å². The Morgan fingerprint density at radius 2 is 1.50 bits per heavy atom. The Kier molecular flexibility index (Phi) is 4.55. The highest BCUT2D eigenvalue weighted by molar-refractivity contribution is 7.98. The molecule has 2 heterocycles. The van der Waals surface area contributed by atoms with Crippen LogP contribution >= 0.6 is 11.8 Å². The summed E-state index contributed by atoms with van der Waals surface area (Å²) in [6, 6.07) is 28.7. The molecular formula is C24H18N2OS. The Morgan fingerprint density at radius 3 is 2.32 bits per heavy atom. The standard InChI is InChI=1S/C24H18N2OS/c1-3-9-17(10-4-1)16-28-24-20-15-19-13-7-8-14-21(19)27-23(20)25-22(26-24)18-11-5-2-6-12-18/h1-14H,15-16H2. The van der Waals surface area contributed by atoms with Crippen LogP contribution in [0.2, 0.25) is 0 Å². The van der Waals surface area contributed by atoms with Crippen LogP contribution in [-0.4, -0.2) is 9.97 Å². The van der Waals surface area contributed by atoms with Gasteiger partial charge in [0.15, 0.2) is 5.82 Å². The molecule has 0 fully saturated rings. The van der Waals surface area contributed by atoms with Gasteiger partial charge in [-0.25, -0.2) is 4.98 Å². The Hall–Kier alpha value is -3.11. The van der Waals surface area contributed by atoms with E-state index in [1.54, 1.807) is 11.8 Å². The highest BCUT2D eigenvalue weighted by atomic mass is 32.2. The van der Waals surface area contributed by atoms with Gasteiger partial charge in [-0.2, -0.15) is 4.98 Å². The number of rotatable bonds is 4. The number of benzene rings is 3. The minimum absolute atomic E-state index is 0.670. The molecule has 0 saturated carbocycles. The number of para-hydroxylation sites is 1. The first kappa shape index (κ1) is 17.0. The lowest BCUT2D eigenvalue weighted by molar-refractivity contribution is 0.435. The molecule has 0 aliphatic carbocycles. The second kappa shape index (κ2) is 7.49. The maximum absolute atomic E-state index is 6.17. The van der Waals surface area contributed by atoms with Crippen molar-refractivity contribution in [3.05, 3.63) is 102 Å². The molecule has 136 valence electrons. The van der Waals surface area contributed by atoms with Crippen molar-refractivity contribution in [2.45, 2.75) is 17.2 Å². The van der Waals surface area contributed by atoms with Crippen LogP contribution in [0.25, 0.3) is 11.4 Å². The normalized spacial score (nSPS) is 12.0. The first-order chi connectivity index (χ1) is 13.9. The van der Waals surface area contributed by atoms with Crippen molar-refractivity contribution in [1.82, 2.24) is 9.97 Å². The molecule has 4 heteroatoms. The fourth-order valence-electron chi connectivity index (χ4n) is 3.29. The molecule has 0 spiro atoms. The zero-order valence-electron chi connectivity index (χ0n) is 15.2. The molecule has 28 heavy (non-hydrogen) atoms. The number of fused-ring (bicyclic) bond motifs is 2. The molecule has 0 unspecified atom stereocenters. The predicted molar refractivity (Wildman–Crippen MR) is 113 cm³/mol. The lowest BCUT2D eigenvalue weighted by Gasteiger charge is -2.21. The predicted octanol–water partition coefficient (Wildman–Crippen LogP) is 6.13. The Bertz CT molecular complexity index is 1110. The van der Waals surface area contributed by atoms with Crippen molar-refractivity contribution in [3.8, 4) is 23.0 Å². The second-order valence-corrected chi connectivity index (χ2v) is 7.63. The van der Waals surface area contributed by atoms with Gasteiger partial charge in [0.25, 0.3) is 0 Å². The van der Waals surface area contributed by atoms with Crippen molar-refractivity contribution in [2.24, 2.45) is 0 Å². The second-order valence-electron chi connectivity index (χ2n) is 6.66. The van der Waals surface area contributed by atoms with Crippen LogP contribution in [0.5, 0.6) is 11.6 Å². The van der Waals surface area contributed by atoms with Crippen molar-refractivity contribution in [1.29, 1.82) is 0 Å². The van der Waals surface area contributed by atoms with E-state index in [2.05, 4.69) is 30.3 Å². The Morgan fingerprint density at radius 1 is 0.786 bits per heavy atom. The number of hydrogen-bond donors (Lipinski definition) is 0. The molecule has 0 saturated heterocycles. The molecule has 0 amide bonds. The van der Waals surface area contributed by atoms with Crippen molar-refractivity contribution in [3.63, 3.8) is 0 Å². The van der Waals surface area contributed by atoms with Crippen LogP contribution in [0.4, 0.5) is 0 Å². The molecule has 1 aromatic heterocycles. The first-order valence-corrected chi connectivity index (χ1v) is 10.2. The summed E-state index contributed by atoms with van der Waals surface area (Å²) in [7, 11) is 0. The van der Waals surface area contributed by atoms with E-state index in [0.29, 0.717) is 11.7 Å². The SMILES string of the molecule is c1ccc(CSc2nc(-c3ccccc3)nc3c2Cc2ccccc2O3)cc1.